The second-order valence-corrected chi connectivity index (χ2v) is 9.08. The molecule has 29 heteroatoms. The van der Waals surface area contributed by atoms with Crippen molar-refractivity contribution in [3.63, 3.8) is 0 Å². The van der Waals surface area contributed by atoms with Gasteiger partial charge in [0.25, 0.3) is 0 Å². The van der Waals surface area contributed by atoms with Crippen LogP contribution in [0.5, 0.6) is 0 Å². The van der Waals surface area contributed by atoms with Gasteiger partial charge in [-0.05, 0) is 0 Å². The van der Waals surface area contributed by atoms with Crippen molar-refractivity contribution in [2.75, 3.05) is 0 Å². The van der Waals surface area contributed by atoms with Crippen LogP contribution >= 0.6 is 0 Å². The summed E-state index contributed by atoms with van der Waals surface area (Å²) in [7, 11) is -24.4. The number of alkyl halides is 12. The van der Waals surface area contributed by atoms with E-state index in [1.807, 2.05) is 0 Å². The maximum atomic E-state index is 10.7. The predicted octanol–water partition coefficient (Wildman–Crippen LogP) is 0.206. The first-order valence-electron chi connectivity index (χ1n) is 5.08. The van der Waals surface area contributed by atoms with Gasteiger partial charge in [-0.25, -0.2) is 33.7 Å². The molecule has 0 spiro atoms. The Hall–Kier alpha value is 0.177. The molecule has 0 amide bonds. The Kier molecular flexibility index (Phi) is 17.7. The summed E-state index contributed by atoms with van der Waals surface area (Å²) in [5.41, 5.74) is -22.6. The Morgan fingerprint density at radius 2 is 0.364 bits per heavy atom. The molecule has 0 bridgehead atoms. The normalized spacial score (nSPS) is 13.6. The van der Waals surface area contributed by atoms with E-state index in [2.05, 4.69) is 0 Å². The first-order valence-corrected chi connectivity index (χ1v) is 10.7. The molecule has 0 rings (SSSR count). The van der Waals surface area contributed by atoms with Gasteiger partial charge in [-0.15, -0.1) is 0 Å². The van der Waals surface area contributed by atoms with Crippen LogP contribution in [0.4, 0.5) is 52.7 Å². The average Bonchev–Trinajstić information content (AvgIpc) is 2.30. The van der Waals surface area contributed by atoms with E-state index in [1.165, 1.54) is 0 Å². The van der Waals surface area contributed by atoms with Crippen LogP contribution in [-0.4, -0.2) is 73.9 Å². The molecule has 0 aromatic heterocycles. The molecule has 201 valence electrons. The van der Waals surface area contributed by atoms with Gasteiger partial charge in [0.05, 0.1) is 0 Å². The molecule has 0 atom stereocenters. The van der Waals surface area contributed by atoms with Gasteiger partial charge in [-0.2, -0.15) is 52.7 Å². The fourth-order valence-corrected chi connectivity index (χ4v) is 0. The number of rotatable bonds is 0. The largest absolute Gasteiger partial charge is 3.00 e. The second kappa shape index (κ2) is 13.5. The molecule has 0 heterocycles. The zero-order valence-electron chi connectivity index (χ0n) is 13.6. The van der Waals surface area contributed by atoms with Gasteiger partial charge in [0, 0.05) is 0 Å². The number of hydrogen-bond donors (Lipinski definition) is 0. The third-order valence-electron chi connectivity index (χ3n) is 1.13. The van der Waals surface area contributed by atoms with Crippen LogP contribution in [0.1, 0.15) is 0 Å². The average molecular weight is 736 g/mol. The summed E-state index contributed by atoms with van der Waals surface area (Å²) in [5.74, 6) is 0. The Morgan fingerprint density at radius 1 is 0.333 bits per heavy atom. The molecule has 0 saturated heterocycles. The Labute approximate surface area is 207 Å². The molecular formula is C4CeF12O12S4-. The maximum absolute atomic E-state index is 10.7. The molecule has 0 aromatic rings. The summed E-state index contributed by atoms with van der Waals surface area (Å²) in [6.45, 7) is 0. The summed E-state index contributed by atoms with van der Waals surface area (Å²) in [5, 5.41) is 0. The van der Waals surface area contributed by atoms with E-state index < -0.39 is 62.5 Å². The fraction of sp³-hybridized carbons (Fsp3) is 1.00. The third kappa shape index (κ3) is 22.4. The van der Waals surface area contributed by atoms with Crippen molar-refractivity contribution in [1.82, 2.24) is 0 Å². The number of hydrogen-bond acceptors (Lipinski definition) is 12. The van der Waals surface area contributed by atoms with Crippen molar-refractivity contribution in [2.24, 2.45) is 0 Å². The summed E-state index contributed by atoms with van der Waals surface area (Å²) in [6.07, 6.45) is 0. The van der Waals surface area contributed by atoms with Gasteiger partial charge in [0.2, 0.25) is 0 Å². The van der Waals surface area contributed by atoms with Crippen LogP contribution in [0.25, 0.3) is 0 Å². The van der Waals surface area contributed by atoms with E-state index in [1.54, 1.807) is 0 Å². The van der Waals surface area contributed by atoms with Crippen LogP contribution in [-0.2, 0) is 40.5 Å². The molecular weight excluding hydrogens is 736 g/mol. The fourth-order valence-electron chi connectivity index (χ4n) is 0. The van der Waals surface area contributed by atoms with Gasteiger partial charge in [0.15, 0.2) is 40.5 Å². The van der Waals surface area contributed by atoms with Crippen LogP contribution in [0.15, 0.2) is 0 Å². The molecule has 1 radical (unpaired) electrons. The zero-order chi connectivity index (χ0) is 28.0. The summed E-state index contributed by atoms with van der Waals surface area (Å²) < 4.78 is 236. The van der Waals surface area contributed by atoms with Crippen LogP contribution in [0, 0.1) is 41.7 Å². The molecule has 0 fully saturated rings. The quantitative estimate of drug-likeness (QED) is 0.185. The maximum Gasteiger partial charge on any atom is 3.00 e. The summed E-state index contributed by atoms with van der Waals surface area (Å²) in [6, 6.07) is 0. The van der Waals surface area contributed by atoms with Gasteiger partial charge >= 0.3 is 63.8 Å². The van der Waals surface area contributed by atoms with E-state index >= 15 is 0 Å². The minimum absolute atomic E-state index is 0. The molecule has 0 aliphatic rings. The Bertz CT molecular complexity index is 828. The van der Waals surface area contributed by atoms with Crippen LogP contribution < -0.4 is 0 Å². The third-order valence-corrected chi connectivity index (χ3v) is 3.40. The first-order chi connectivity index (χ1) is 13.0. The van der Waals surface area contributed by atoms with E-state index in [9.17, 15) is 52.7 Å². The van der Waals surface area contributed by atoms with Crippen molar-refractivity contribution in [3.8, 4) is 0 Å². The summed E-state index contributed by atoms with van der Waals surface area (Å²) in [4.78, 5) is 0. The second-order valence-electron chi connectivity index (χ2n) is 3.60. The summed E-state index contributed by atoms with van der Waals surface area (Å²) >= 11 is 0. The molecule has 0 saturated carbocycles. The molecule has 12 nitrogen and oxygen atoms in total. The smallest absolute Gasteiger partial charge is 0.741 e. The van der Waals surface area contributed by atoms with Gasteiger partial charge in [-0.1, -0.05) is 0 Å². The molecule has 0 aliphatic carbocycles. The van der Waals surface area contributed by atoms with Crippen molar-refractivity contribution in [3.05, 3.63) is 0 Å². The molecule has 0 aliphatic heterocycles. The van der Waals surface area contributed by atoms with Crippen molar-refractivity contribution in [1.29, 1.82) is 0 Å². The molecule has 0 aromatic carbocycles. The SMILES string of the molecule is O=S(=O)([O-])C(F)(F)F.O=S(=O)([O-])C(F)(F)F.O=S(=O)([O-])C(F)(F)F.O=S(=O)([O-])C(F)(F)F.[Ce+3]. The van der Waals surface area contributed by atoms with Crippen molar-refractivity contribution >= 4 is 40.5 Å². The standard InChI is InChI=1S/4CHF3O3S.Ce/c4*2-1(3,4)8(5,6)7;/h4*(H,5,6,7);/q;;;;+3/p-4. The Balaban J connectivity index is -0.000000105. The van der Waals surface area contributed by atoms with E-state index in [0.29, 0.717) is 0 Å². The number of halogens is 12. The van der Waals surface area contributed by atoms with Crippen LogP contribution in [0.2, 0.25) is 0 Å². The van der Waals surface area contributed by atoms with Gasteiger partial charge < -0.3 is 18.2 Å². The topological polar surface area (TPSA) is 229 Å². The van der Waals surface area contributed by atoms with Gasteiger partial charge in [0.1, 0.15) is 0 Å². The van der Waals surface area contributed by atoms with E-state index in [4.69, 9.17) is 51.9 Å². The molecule has 0 N–H and O–H groups in total. The van der Waals surface area contributed by atoms with Crippen molar-refractivity contribution in [2.45, 2.75) is 22.0 Å². The van der Waals surface area contributed by atoms with E-state index in [-0.39, 0.29) is 41.7 Å². The Morgan fingerprint density at radius 3 is 0.364 bits per heavy atom. The predicted molar refractivity (Wildman–Crippen MR) is 63.0 cm³/mol. The molecule has 33 heavy (non-hydrogen) atoms. The first kappa shape index (κ1) is 43.3. The minimum atomic E-state index is -6.09. The monoisotopic (exact) mass is 736 g/mol. The van der Waals surface area contributed by atoms with Gasteiger partial charge in [-0.3, -0.25) is 0 Å². The minimum Gasteiger partial charge on any atom is -0.741 e. The van der Waals surface area contributed by atoms with Crippen molar-refractivity contribution < 1.29 is 146 Å². The van der Waals surface area contributed by atoms with Crippen LogP contribution in [0.3, 0.4) is 0 Å². The zero-order valence-corrected chi connectivity index (χ0v) is 20.0. The van der Waals surface area contributed by atoms with E-state index in [0.717, 1.165) is 0 Å². The molecule has 0 unspecified atom stereocenters.